The van der Waals surface area contributed by atoms with Crippen molar-refractivity contribution in [1.29, 1.82) is 15.8 Å². The zero-order valence-corrected chi connectivity index (χ0v) is 18.3. The van der Waals surface area contributed by atoms with Crippen LogP contribution in [0, 0.1) is 39.9 Å². The predicted molar refractivity (Wildman–Crippen MR) is 115 cm³/mol. The molecule has 0 aromatic heterocycles. The summed E-state index contributed by atoms with van der Waals surface area (Å²) in [5, 5.41) is 28.1. The summed E-state index contributed by atoms with van der Waals surface area (Å²) in [6, 6.07) is 6.63. The van der Waals surface area contributed by atoms with Gasteiger partial charge in [-0.3, -0.25) is 4.90 Å². The van der Waals surface area contributed by atoms with E-state index in [9.17, 15) is 10.5 Å². The first-order chi connectivity index (χ1) is 14.6. The summed E-state index contributed by atoms with van der Waals surface area (Å²) in [6.07, 6.45) is 2.95. The maximum atomic E-state index is 9.51. The van der Waals surface area contributed by atoms with Gasteiger partial charge in [0.15, 0.2) is 5.57 Å². The van der Waals surface area contributed by atoms with Gasteiger partial charge in [0.2, 0.25) is 0 Å². The highest BCUT2D eigenvalue weighted by molar-refractivity contribution is 5.40. The lowest BCUT2D eigenvalue weighted by Gasteiger charge is -2.34. The summed E-state index contributed by atoms with van der Waals surface area (Å²) in [5.41, 5.74) is 0.237. The second kappa shape index (κ2) is 11.2. The van der Waals surface area contributed by atoms with Crippen LogP contribution >= 0.6 is 0 Å². The number of allylic oxidation sites excluding steroid dienone is 1. The standard InChI is InChI=1S/C22H34N8/c1-26-9-11-28(12-10-26)13-14-30-16-15-29(22(30)21(18-24)19-25)6-2-5-27-7-3-20(17-23)4-8-27/h20H,2-16H2,1H3. The third-order valence-corrected chi connectivity index (χ3v) is 6.64. The van der Waals surface area contributed by atoms with Crippen molar-refractivity contribution in [3.63, 3.8) is 0 Å². The molecule has 30 heavy (non-hydrogen) atoms. The van der Waals surface area contributed by atoms with Gasteiger partial charge in [-0.2, -0.15) is 15.8 Å². The SMILES string of the molecule is CN1CCN(CCN2CCN(CCCN3CCC(C#N)CC3)C2=C(C#N)C#N)CC1. The van der Waals surface area contributed by atoms with Crippen molar-refractivity contribution in [3.05, 3.63) is 11.4 Å². The zero-order chi connectivity index (χ0) is 21.3. The van der Waals surface area contributed by atoms with Crippen molar-refractivity contribution in [1.82, 2.24) is 24.5 Å². The minimum atomic E-state index is 0.219. The monoisotopic (exact) mass is 410 g/mol. The van der Waals surface area contributed by atoms with Crippen molar-refractivity contribution in [2.75, 3.05) is 85.6 Å². The van der Waals surface area contributed by atoms with Gasteiger partial charge < -0.3 is 19.6 Å². The molecule has 8 heteroatoms. The molecule has 3 rings (SSSR count). The lowest BCUT2D eigenvalue weighted by atomic mass is 9.98. The molecule has 0 aromatic carbocycles. The van der Waals surface area contributed by atoms with Crippen molar-refractivity contribution in [3.8, 4) is 18.2 Å². The first-order valence-corrected chi connectivity index (χ1v) is 11.2. The number of hydrogen-bond acceptors (Lipinski definition) is 8. The van der Waals surface area contributed by atoms with Crippen molar-refractivity contribution in [2.45, 2.75) is 19.3 Å². The Labute approximate surface area is 181 Å². The Bertz CT molecular complexity index is 695. The predicted octanol–water partition coefficient (Wildman–Crippen LogP) is 0.736. The number of likely N-dealkylation sites (tertiary alicyclic amines) is 1. The Hall–Kier alpha value is -2.31. The maximum absolute atomic E-state index is 9.51. The third kappa shape index (κ3) is 5.86. The molecule has 0 bridgehead atoms. The zero-order valence-electron chi connectivity index (χ0n) is 18.3. The van der Waals surface area contributed by atoms with Gasteiger partial charge in [-0.1, -0.05) is 0 Å². The van der Waals surface area contributed by atoms with Gasteiger partial charge in [0, 0.05) is 64.8 Å². The van der Waals surface area contributed by atoms with E-state index in [1.807, 2.05) is 0 Å². The number of rotatable bonds is 7. The molecule has 0 aliphatic carbocycles. The molecule has 0 saturated carbocycles. The quantitative estimate of drug-likeness (QED) is 0.568. The highest BCUT2D eigenvalue weighted by atomic mass is 15.4. The molecule has 8 nitrogen and oxygen atoms in total. The summed E-state index contributed by atoms with van der Waals surface area (Å²) in [5.74, 6) is 1.05. The minimum Gasteiger partial charge on any atom is -0.355 e. The van der Waals surface area contributed by atoms with E-state index in [1.165, 1.54) is 0 Å². The highest BCUT2D eigenvalue weighted by Crippen LogP contribution is 2.23. The van der Waals surface area contributed by atoms with Gasteiger partial charge >= 0.3 is 0 Å². The Morgan fingerprint density at radius 1 is 0.767 bits per heavy atom. The molecule has 0 unspecified atom stereocenters. The van der Waals surface area contributed by atoms with Gasteiger partial charge in [-0.25, -0.2) is 0 Å². The molecule has 0 aromatic rings. The Morgan fingerprint density at radius 3 is 1.97 bits per heavy atom. The second-order valence-corrected chi connectivity index (χ2v) is 8.64. The fraction of sp³-hybridized carbons (Fsp3) is 0.773. The van der Waals surface area contributed by atoms with E-state index >= 15 is 0 Å². The van der Waals surface area contributed by atoms with Crippen LogP contribution in [0.3, 0.4) is 0 Å². The number of nitriles is 3. The van der Waals surface area contributed by atoms with E-state index in [1.54, 1.807) is 0 Å². The Morgan fingerprint density at radius 2 is 1.37 bits per heavy atom. The summed E-state index contributed by atoms with van der Waals surface area (Å²) < 4.78 is 0. The average molecular weight is 411 g/mol. The molecular weight excluding hydrogens is 376 g/mol. The van der Waals surface area contributed by atoms with E-state index in [-0.39, 0.29) is 11.5 Å². The second-order valence-electron chi connectivity index (χ2n) is 8.64. The summed E-state index contributed by atoms with van der Waals surface area (Å²) >= 11 is 0. The lowest BCUT2D eigenvalue weighted by molar-refractivity contribution is 0.143. The molecule has 0 radical (unpaired) electrons. The number of piperidine rings is 1. The lowest BCUT2D eigenvalue weighted by Crippen LogP contribution is -2.46. The van der Waals surface area contributed by atoms with Crippen LogP contribution in [0.15, 0.2) is 11.4 Å². The topological polar surface area (TPSA) is 87.6 Å². The van der Waals surface area contributed by atoms with Crippen LogP contribution in [-0.2, 0) is 0 Å². The largest absolute Gasteiger partial charge is 0.355 e. The van der Waals surface area contributed by atoms with Crippen molar-refractivity contribution in [2.24, 2.45) is 5.92 Å². The van der Waals surface area contributed by atoms with Crippen LogP contribution in [0.2, 0.25) is 0 Å². The van der Waals surface area contributed by atoms with Crippen molar-refractivity contribution < 1.29 is 0 Å². The van der Waals surface area contributed by atoms with E-state index in [0.717, 1.165) is 104 Å². The van der Waals surface area contributed by atoms with Crippen LogP contribution < -0.4 is 0 Å². The minimum absolute atomic E-state index is 0.219. The smallest absolute Gasteiger partial charge is 0.169 e. The molecule has 3 heterocycles. The van der Waals surface area contributed by atoms with E-state index in [0.29, 0.717) is 0 Å². The molecule has 0 amide bonds. The van der Waals surface area contributed by atoms with Gasteiger partial charge in [0.1, 0.15) is 18.0 Å². The summed E-state index contributed by atoms with van der Waals surface area (Å²) in [7, 11) is 2.16. The van der Waals surface area contributed by atoms with Gasteiger partial charge in [-0.05, 0) is 45.9 Å². The van der Waals surface area contributed by atoms with E-state index < -0.39 is 0 Å². The van der Waals surface area contributed by atoms with Gasteiger partial charge in [-0.15, -0.1) is 0 Å². The average Bonchev–Trinajstić information content (AvgIpc) is 3.17. The van der Waals surface area contributed by atoms with Crippen LogP contribution in [0.25, 0.3) is 0 Å². The molecular formula is C22H34N8. The Kier molecular flexibility index (Phi) is 8.34. The van der Waals surface area contributed by atoms with Gasteiger partial charge in [0.25, 0.3) is 0 Å². The molecule has 0 N–H and O–H groups in total. The van der Waals surface area contributed by atoms with Crippen LogP contribution in [-0.4, -0.2) is 110 Å². The van der Waals surface area contributed by atoms with Crippen LogP contribution in [0.5, 0.6) is 0 Å². The summed E-state index contributed by atoms with van der Waals surface area (Å²) in [4.78, 5) is 11.7. The molecule has 3 aliphatic rings. The Balaban J connectivity index is 1.51. The number of piperazine rings is 1. The fourth-order valence-corrected chi connectivity index (χ4v) is 4.63. The molecule has 3 aliphatic heterocycles. The highest BCUT2D eigenvalue weighted by Gasteiger charge is 2.29. The first-order valence-electron chi connectivity index (χ1n) is 11.2. The van der Waals surface area contributed by atoms with Crippen LogP contribution in [0.4, 0.5) is 0 Å². The molecule has 162 valence electrons. The number of likely N-dealkylation sites (N-methyl/N-ethyl adjacent to an activating group) is 1. The molecule has 0 atom stereocenters. The number of nitrogens with zero attached hydrogens (tertiary/aromatic N) is 8. The van der Waals surface area contributed by atoms with Gasteiger partial charge in [0.05, 0.1) is 6.07 Å². The third-order valence-electron chi connectivity index (χ3n) is 6.64. The van der Waals surface area contributed by atoms with E-state index in [2.05, 4.69) is 49.8 Å². The molecule has 0 spiro atoms. The molecule has 3 fully saturated rings. The normalized spacial score (nSPS) is 22.0. The van der Waals surface area contributed by atoms with E-state index in [4.69, 9.17) is 5.26 Å². The van der Waals surface area contributed by atoms with Crippen LogP contribution in [0.1, 0.15) is 19.3 Å². The first kappa shape index (κ1) is 22.4. The number of hydrogen-bond donors (Lipinski definition) is 0. The molecule has 3 saturated heterocycles. The fourth-order valence-electron chi connectivity index (χ4n) is 4.63. The van der Waals surface area contributed by atoms with Crippen molar-refractivity contribution >= 4 is 0 Å². The maximum Gasteiger partial charge on any atom is 0.169 e. The summed E-state index contributed by atoms with van der Waals surface area (Å²) in [6.45, 7) is 11.8.